The standard InChI is InChI=1S/C33H51NO17/c1-3-15-9-16(21(38)23(40)20(15)37)34-19-13(2)47-32(26(43)22(19)39)50-30-18(11-36)49-33(28(45)25(30)42)51-29-17(10-35)48-31(27(44)24(29)41)46-12-14-7-5-4-6-8-14/h4-9,13,16-45H,3,10-12H2,1-2H3. The molecule has 18 heteroatoms. The maximum absolute atomic E-state index is 11.1. The molecule has 5 rings (SSSR count). The molecule has 0 radical (unpaired) electrons. The summed E-state index contributed by atoms with van der Waals surface area (Å²) < 4.78 is 34.3. The molecule has 18 nitrogen and oxygen atoms in total. The number of ether oxygens (including phenoxy) is 6. The van der Waals surface area contributed by atoms with Crippen molar-refractivity contribution in [3.63, 3.8) is 0 Å². The Balaban J connectivity index is 1.20. The second kappa shape index (κ2) is 17.6. The fraction of sp³-hybridized carbons (Fsp3) is 0.758. The van der Waals surface area contributed by atoms with Crippen molar-refractivity contribution in [2.45, 2.75) is 143 Å². The highest BCUT2D eigenvalue weighted by molar-refractivity contribution is 5.22. The van der Waals surface area contributed by atoms with Crippen molar-refractivity contribution in [2.75, 3.05) is 13.2 Å². The first-order valence-electron chi connectivity index (χ1n) is 17.0. The molecular formula is C33H51NO17. The summed E-state index contributed by atoms with van der Waals surface area (Å²) in [4.78, 5) is 0. The molecule has 1 aromatic carbocycles. The fourth-order valence-corrected chi connectivity index (χ4v) is 6.87. The molecule has 1 aromatic rings. The Morgan fingerprint density at radius 3 is 1.75 bits per heavy atom. The number of aliphatic hydroxyl groups is 11. The number of rotatable bonds is 12. The first kappa shape index (κ1) is 40.4. The van der Waals surface area contributed by atoms with Crippen LogP contribution in [0.15, 0.2) is 42.0 Å². The van der Waals surface area contributed by atoms with Gasteiger partial charge in [-0.15, -0.1) is 0 Å². The Hall–Kier alpha value is -1.76. The van der Waals surface area contributed by atoms with Gasteiger partial charge in [-0.05, 0) is 24.5 Å². The van der Waals surface area contributed by atoms with Crippen LogP contribution in [0.1, 0.15) is 25.8 Å². The van der Waals surface area contributed by atoms with Gasteiger partial charge in [0.1, 0.15) is 79.4 Å². The monoisotopic (exact) mass is 733 g/mol. The maximum atomic E-state index is 11.1. The van der Waals surface area contributed by atoms with Gasteiger partial charge in [-0.3, -0.25) is 0 Å². The van der Waals surface area contributed by atoms with Crippen molar-refractivity contribution in [3.8, 4) is 0 Å². The molecule has 0 bridgehead atoms. The van der Waals surface area contributed by atoms with E-state index in [2.05, 4.69) is 5.32 Å². The Kier molecular flexibility index (Phi) is 13.9. The largest absolute Gasteiger partial charge is 0.394 e. The van der Waals surface area contributed by atoms with Crippen LogP contribution in [0.4, 0.5) is 0 Å². The lowest BCUT2D eigenvalue weighted by atomic mass is 9.85. The quantitative estimate of drug-likeness (QED) is 0.0897. The molecule has 51 heavy (non-hydrogen) atoms. The van der Waals surface area contributed by atoms with E-state index in [0.29, 0.717) is 12.0 Å². The summed E-state index contributed by atoms with van der Waals surface area (Å²) in [5, 5.41) is 120. The zero-order valence-corrected chi connectivity index (χ0v) is 28.1. The molecule has 19 atom stereocenters. The van der Waals surface area contributed by atoms with Crippen LogP contribution in [-0.4, -0.2) is 186 Å². The molecule has 3 heterocycles. The van der Waals surface area contributed by atoms with Gasteiger partial charge >= 0.3 is 0 Å². The lowest BCUT2D eigenvalue weighted by molar-refractivity contribution is -0.376. The highest BCUT2D eigenvalue weighted by atomic mass is 16.8. The van der Waals surface area contributed by atoms with Crippen molar-refractivity contribution in [1.29, 1.82) is 0 Å². The molecular weight excluding hydrogens is 682 g/mol. The van der Waals surface area contributed by atoms with Crippen molar-refractivity contribution < 1.29 is 84.6 Å². The lowest BCUT2D eigenvalue weighted by Crippen LogP contribution is -2.68. The third kappa shape index (κ3) is 8.64. The molecule has 3 fully saturated rings. The van der Waals surface area contributed by atoms with Crippen LogP contribution >= 0.6 is 0 Å². The van der Waals surface area contributed by atoms with E-state index in [9.17, 15) is 56.2 Å². The minimum absolute atomic E-state index is 0.0253. The van der Waals surface area contributed by atoms with Crippen molar-refractivity contribution >= 4 is 0 Å². The van der Waals surface area contributed by atoms with Crippen molar-refractivity contribution in [3.05, 3.63) is 47.5 Å². The van der Waals surface area contributed by atoms with Gasteiger partial charge in [0.25, 0.3) is 0 Å². The number of aliphatic hydroxyl groups excluding tert-OH is 11. The highest BCUT2D eigenvalue weighted by Gasteiger charge is 2.54. The number of benzene rings is 1. The second-order valence-corrected chi connectivity index (χ2v) is 13.3. The Morgan fingerprint density at radius 2 is 1.18 bits per heavy atom. The topological polar surface area (TPSA) is 290 Å². The van der Waals surface area contributed by atoms with Gasteiger partial charge in [-0.25, -0.2) is 0 Å². The molecule has 290 valence electrons. The predicted molar refractivity (Wildman–Crippen MR) is 170 cm³/mol. The molecule has 0 saturated carbocycles. The zero-order valence-electron chi connectivity index (χ0n) is 28.1. The van der Waals surface area contributed by atoms with Gasteiger partial charge < -0.3 is 89.9 Å². The molecule has 12 N–H and O–H groups in total. The zero-order chi connectivity index (χ0) is 37.1. The first-order valence-corrected chi connectivity index (χ1v) is 17.0. The van der Waals surface area contributed by atoms with Crippen molar-refractivity contribution in [1.82, 2.24) is 5.32 Å². The molecule has 0 amide bonds. The maximum Gasteiger partial charge on any atom is 0.187 e. The summed E-state index contributed by atoms with van der Waals surface area (Å²) in [6.45, 7) is 1.82. The van der Waals surface area contributed by atoms with Crippen LogP contribution in [0.2, 0.25) is 0 Å². The predicted octanol–water partition coefficient (Wildman–Crippen LogP) is -4.92. The summed E-state index contributed by atoms with van der Waals surface area (Å²) in [5.41, 5.74) is 1.23. The van der Waals surface area contributed by atoms with Crippen LogP contribution in [0.3, 0.4) is 0 Å². The minimum Gasteiger partial charge on any atom is -0.394 e. The SMILES string of the molecule is CCC1=CC(NC2C(C)OC(OC3C(CO)OC(OC4C(CO)OC(OCc5ccccc5)C(O)C4O)C(O)C3O)C(O)C2O)C(O)C(O)C1O. The van der Waals surface area contributed by atoms with Crippen LogP contribution in [0, 0.1) is 0 Å². The van der Waals surface area contributed by atoms with Gasteiger partial charge in [0.05, 0.1) is 38.0 Å². The third-order valence-corrected chi connectivity index (χ3v) is 9.94. The number of hydrogen-bond donors (Lipinski definition) is 12. The Labute approximate surface area is 294 Å². The highest BCUT2D eigenvalue weighted by Crippen LogP contribution is 2.33. The molecule has 1 aliphatic carbocycles. The van der Waals surface area contributed by atoms with Gasteiger partial charge in [-0.1, -0.05) is 43.3 Å². The molecule has 0 aromatic heterocycles. The first-order chi connectivity index (χ1) is 24.3. The Morgan fingerprint density at radius 1 is 0.647 bits per heavy atom. The average Bonchev–Trinajstić information content (AvgIpc) is 3.13. The molecule has 19 unspecified atom stereocenters. The van der Waals surface area contributed by atoms with E-state index in [1.165, 1.54) is 13.0 Å². The summed E-state index contributed by atoms with van der Waals surface area (Å²) >= 11 is 0. The van der Waals surface area contributed by atoms with E-state index in [4.69, 9.17) is 28.4 Å². The molecule has 4 aliphatic rings. The summed E-state index contributed by atoms with van der Waals surface area (Å²) in [5.74, 6) is 0. The summed E-state index contributed by atoms with van der Waals surface area (Å²) in [7, 11) is 0. The van der Waals surface area contributed by atoms with Crippen LogP contribution in [-0.2, 0) is 35.0 Å². The smallest absolute Gasteiger partial charge is 0.187 e. The third-order valence-electron chi connectivity index (χ3n) is 9.94. The Bertz CT molecular complexity index is 1260. The van der Waals surface area contributed by atoms with Crippen molar-refractivity contribution in [2.24, 2.45) is 0 Å². The minimum atomic E-state index is -1.90. The van der Waals surface area contributed by atoms with Gasteiger partial charge in [0.2, 0.25) is 0 Å². The van der Waals surface area contributed by atoms with Gasteiger partial charge in [-0.2, -0.15) is 0 Å². The van der Waals surface area contributed by atoms with E-state index in [1.807, 2.05) is 6.07 Å². The van der Waals surface area contributed by atoms with Crippen LogP contribution in [0.5, 0.6) is 0 Å². The molecule has 3 saturated heterocycles. The van der Waals surface area contributed by atoms with E-state index in [1.54, 1.807) is 31.2 Å². The molecule has 0 spiro atoms. The van der Waals surface area contributed by atoms with E-state index in [0.717, 1.165) is 5.56 Å². The lowest BCUT2D eigenvalue weighted by Gasteiger charge is -2.49. The summed E-state index contributed by atoms with van der Waals surface area (Å²) in [6.07, 6.45) is -24.1. The number of hydrogen-bond acceptors (Lipinski definition) is 18. The number of nitrogens with one attached hydrogen (secondary N) is 1. The average molecular weight is 734 g/mol. The van der Waals surface area contributed by atoms with E-state index >= 15 is 0 Å². The van der Waals surface area contributed by atoms with E-state index < -0.39 is 130 Å². The van der Waals surface area contributed by atoms with E-state index in [-0.39, 0.29) is 6.61 Å². The van der Waals surface area contributed by atoms with Gasteiger partial charge in [0.15, 0.2) is 18.9 Å². The summed E-state index contributed by atoms with van der Waals surface area (Å²) in [6, 6.07) is 7.03. The van der Waals surface area contributed by atoms with Crippen LogP contribution in [0.25, 0.3) is 0 Å². The van der Waals surface area contributed by atoms with Gasteiger partial charge in [0, 0.05) is 0 Å². The second-order valence-electron chi connectivity index (χ2n) is 13.3. The normalized spacial score (nSPS) is 46.5. The molecule has 3 aliphatic heterocycles. The van der Waals surface area contributed by atoms with Crippen LogP contribution < -0.4 is 5.32 Å². The fourth-order valence-electron chi connectivity index (χ4n) is 6.87.